The molecular weight excluding hydrogens is 356 g/mol. The highest BCUT2D eigenvalue weighted by Gasteiger charge is 2.42. The average Bonchev–Trinajstić information content (AvgIpc) is 3.24. The maximum absolute atomic E-state index is 12.7. The minimum atomic E-state index is -4.03. The molecule has 1 aromatic heterocycles. The van der Waals surface area contributed by atoms with Crippen LogP contribution in [0, 0.1) is 10.1 Å². The van der Waals surface area contributed by atoms with Crippen molar-refractivity contribution in [2.24, 2.45) is 0 Å². The van der Waals surface area contributed by atoms with Crippen LogP contribution >= 0.6 is 11.3 Å². The Morgan fingerprint density at radius 2 is 2.04 bits per heavy atom. The molecule has 0 saturated carbocycles. The molecule has 8 nitrogen and oxygen atoms in total. The first-order valence-electron chi connectivity index (χ1n) is 7.03. The summed E-state index contributed by atoms with van der Waals surface area (Å²) >= 11 is 1.44. The second kappa shape index (κ2) is 6.57. The number of rotatable bonds is 5. The highest BCUT2D eigenvalue weighted by atomic mass is 32.2. The number of thiophene rings is 1. The van der Waals surface area contributed by atoms with Crippen LogP contribution in [0.4, 0.5) is 5.69 Å². The van der Waals surface area contributed by atoms with Gasteiger partial charge in [-0.1, -0.05) is 10.5 Å². The zero-order chi connectivity index (χ0) is 17.3. The summed E-state index contributed by atoms with van der Waals surface area (Å²) in [5, 5.41) is 22.0. The van der Waals surface area contributed by atoms with E-state index in [0.29, 0.717) is 6.42 Å². The predicted octanol–water partition coefficient (Wildman–Crippen LogP) is 2.08. The molecule has 0 unspecified atom stereocenters. The normalized spacial score (nSPS) is 21.9. The first-order valence-corrected chi connectivity index (χ1v) is 9.35. The molecule has 2 heterocycles. The molecule has 1 N–H and O–H groups in total. The zero-order valence-electron chi connectivity index (χ0n) is 12.3. The van der Waals surface area contributed by atoms with Crippen LogP contribution in [0.5, 0.6) is 0 Å². The minimum Gasteiger partial charge on any atom is -0.395 e. The molecule has 0 spiro atoms. The lowest BCUT2D eigenvalue weighted by atomic mass is 10.1. The molecule has 10 heteroatoms. The number of aliphatic hydroxyl groups is 1. The van der Waals surface area contributed by atoms with Gasteiger partial charge in [-0.05, 0) is 23.6 Å². The number of aliphatic hydroxyl groups excluding tert-OH is 1. The quantitative estimate of drug-likeness (QED) is 0.637. The first kappa shape index (κ1) is 17.0. The van der Waals surface area contributed by atoms with Crippen molar-refractivity contribution in [1.29, 1.82) is 0 Å². The largest absolute Gasteiger partial charge is 0.395 e. The highest BCUT2D eigenvalue weighted by Crippen LogP contribution is 2.38. The van der Waals surface area contributed by atoms with Gasteiger partial charge < -0.3 is 5.11 Å². The maximum Gasteiger partial charge on any atom is 0.269 e. The van der Waals surface area contributed by atoms with E-state index in [1.165, 1.54) is 11.3 Å². The third-order valence-corrected chi connectivity index (χ3v) is 6.36. The van der Waals surface area contributed by atoms with E-state index in [0.717, 1.165) is 33.6 Å². The first-order chi connectivity index (χ1) is 11.4. The Hall–Kier alpha value is -1.85. The van der Waals surface area contributed by atoms with Crippen molar-refractivity contribution in [2.45, 2.75) is 23.5 Å². The molecule has 24 heavy (non-hydrogen) atoms. The van der Waals surface area contributed by atoms with Gasteiger partial charge in [0.2, 0.25) is 0 Å². The predicted molar refractivity (Wildman–Crippen MR) is 85.8 cm³/mol. The third kappa shape index (κ3) is 3.06. The summed E-state index contributed by atoms with van der Waals surface area (Å²) in [4.78, 5) is 16.4. The average molecular weight is 370 g/mol. The van der Waals surface area contributed by atoms with E-state index < -0.39 is 27.1 Å². The summed E-state index contributed by atoms with van der Waals surface area (Å²) < 4.78 is 26.3. The van der Waals surface area contributed by atoms with Crippen LogP contribution in [-0.2, 0) is 14.9 Å². The van der Waals surface area contributed by atoms with E-state index in [1.807, 2.05) is 17.5 Å². The topological polar surface area (TPSA) is 110 Å². The molecule has 0 aliphatic carbocycles. The summed E-state index contributed by atoms with van der Waals surface area (Å²) in [6, 6.07) is 7.52. The zero-order valence-corrected chi connectivity index (χ0v) is 13.9. The fraction of sp³-hybridized carbons (Fsp3) is 0.286. The summed E-state index contributed by atoms with van der Waals surface area (Å²) in [7, 11) is -4.03. The fourth-order valence-electron chi connectivity index (χ4n) is 2.47. The van der Waals surface area contributed by atoms with Crippen molar-refractivity contribution in [3.63, 3.8) is 0 Å². The second-order valence-electron chi connectivity index (χ2n) is 5.19. The van der Waals surface area contributed by atoms with Crippen LogP contribution in [-0.4, -0.2) is 35.6 Å². The fourth-order valence-corrected chi connectivity index (χ4v) is 4.68. The highest BCUT2D eigenvalue weighted by molar-refractivity contribution is 7.89. The third-order valence-electron chi connectivity index (χ3n) is 3.67. The van der Waals surface area contributed by atoms with Crippen molar-refractivity contribution >= 4 is 27.0 Å². The van der Waals surface area contributed by atoms with Crippen molar-refractivity contribution in [1.82, 2.24) is 4.47 Å². The molecule has 2 atom stereocenters. The molecule has 1 fully saturated rings. The molecule has 1 aliphatic rings. The summed E-state index contributed by atoms with van der Waals surface area (Å²) in [6.45, 7) is -0.381. The van der Waals surface area contributed by atoms with E-state index >= 15 is 0 Å². The van der Waals surface area contributed by atoms with Crippen molar-refractivity contribution in [2.75, 3.05) is 6.61 Å². The number of non-ortho nitro benzene ring substituents is 1. The number of hydrogen-bond donors (Lipinski definition) is 1. The number of sulfonamides is 1. The maximum atomic E-state index is 12.7. The summed E-state index contributed by atoms with van der Waals surface area (Å²) in [6.07, 6.45) is -0.113. The Morgan fingerprint density at radius 3 is 2.58 bits per heavy atom. The van der Waals surface area contributed by atoms with E-state index in [2.05, 4.69) is 0 Å². The van der Waals surface area contributed by atoms with Crippen molar-refractivity contribution in [3.05, 3.63) is 56.8 Å². The van der Waals surface area contributed by atoms with Crippen molar-refractivity contribution < 1.29 is 23.3 Å². The van der Waals surface area contributed by atoms with Gasteiger partial charge in [0.05, 0.1) is 22.5 Å². The molecule has 1 aliphatic heterocycles. The minimum absolute atomic E-state index is 0.127. The summed E-state index contributed by atoms with van der Waals surface area (Å²) in [5.41, 5.74) is -0.202. The van der Waals surface area contributed by atoms with Gasteiger partial charge in [0, 0.05) is 23.4 Å². The van der Waals surface area contributed by atoms with Gasteiger partial charge in [0.15, 0.2) is 0 Å². The lowest BCUT2D eigenvalue weighted by Gasteiger charge is -2.20. The van der Waals surface area contributed by atoms with Gasteiger partial charge >= 0.3 is 0 Å². The van der Waals surface area contributed by atoms with Gasteiger partial charge in [-0.2, -0.15) is 0 Å². The Morgan fingerprint density at radius 1 is 1.33 bits per heavy atom. The van der Waals surface area contributed by atoms with Gasteiger partial charge in [0.1, 0.15) is 6.10 Å². The van der Waals surface area contributed by atoms with Crippen molar-refractivity contribution in [3.8, 4) is 0 Å². The van der Waals surface area contributed by atoms with Crippen LogP contribution < -0.4 is 0 Å². The second-order valence-corrected chi connectivity index (χ2v) is 7.95. The SMILES string of the molecule is O=[N+]([O-])c1ccc(S(=O)(=O)N2O[C@H](c3cccs3)C[C@@H]2CO)cc1. The number of nitro groups is 1. The van der Waals surface area contributed by atoms with Gasteiger partial charge in [-0.25, -0.2) is 8.42 Å². The number of hydroxylamine groups is 1. The van der Waals surface area contributed by atoms with Crippen LogP contribution in [0.1, 0.15) is 17.4 Å². The van der Waals surface area contributed by atoms with Gasteiger partial charge in [-0.3, -0.25) is 15.0 Å². The van der Waals surface area contributed by atoms with E-state index in [-0.39, 0.29) is 17.2 Å². The monoisotopic (exact) mass is 370 g/mol. The number of nitro benzene ring substituents is 1. The molecule has 0 radical (unpaired) electrons. The number of hydrogen-bond acceptors (Lipinski definition) is 7. The molecule has 0 amide bonds. The summed E-state index contributed by atoms with van der Waals surface area (Å²) in [5.74, 6) is 0. The lowest BCUT2D eigenvalue weighted by molar-refractivity contribution is -0.384. The lowest BCUT2D eigenvalue weighted by Crippen LogP contribution is -2.36. The molecule has 0 bridgehead atoms. The Labute approximate surface area is 142 Å². The standard InChI is InChI=1S/C14H14N2O6S2/c17-9-11-8-13(14-2-1-7-23-14)22-16(11)24(20,21)12-5-3-10(4-6-12)15(18)19/h1-7,11,13,17H,8-9H2/t11-,13+/m1/s1. The number of nitrogens with zero attached hydrogens (tertiary/aromatic N) is 2. The molecular formula is C14H14N2O6S2. The van der Waals surface area contributed by atoms with E-state index in [9.17, 15) is 23.6 Å². The molecule has 3 rings (SSSR count). The van der Waals surface area contributed by atoms with Crippen LogP contribution in [0.2, 0.25) is 0 Å². The van der Waals surface area contributed by atoms with E-state index in [4.69, 9.17) is 4.84 Å². The van der Waals surface area contributed by atoms with Gasteiger partial charge in [-0.15, -0.1) is 11.3 Å². The molecule has 1 saturated heterocycles. The molecule has 128 valence electrons. The van der Waals surface area contributed by atoms with Crippen LogP contribution in [0.15, 0.2) is 46.7 Å². The Bertz CT molecular complexity index is 819. The van der Waals surface area contributed by atoms with Crippen LogP contribution in [0.25, 0.3) is 0 Å². The molecule has 1 aromatic carbocycles. The molecule has 2 aromatic rings. The van der Waals surface area contributed by atoms with Gasteiger partial charge in [0.25, 0.3) is 15.7 Å². The van der Waals surface area contributed by atoms with Crippen LogP contribution in [0.3, 0.4) is 0 Å². The number of benzene rings is 1. The Kier molecular flexibility index (Phi) is 4.65. The smallest absolute Gasteiger partial charge is 0.269 e. The van der Waals surface area contributed by atoms with E-state index in [1.54, 1.807) is 0 Å². The Balaban J connectivity index is 1.89.